The van der Waals surface area contributed by atoms with Gasteiger partial charge in [-0.25, -0.2) is 0 Å². The predicted molar refractivity (Wildman–Crippen MR) is 52.8 cm³/mol. The van der Waals surface area contributed by atoms with E-state index in [1.54, 1.807) is 0 Å². The van der Waals surface area contributed by atoms with E-state index in [1.807, 2.05) is 0 Å². The molecule has 0 aromatic rings. The summed E-state index contributed by atoms with van der Waals surface area (Å²) in [5.74, 6) is 1.35. The van der Waals surface area contributed by atoms with Crippen molar-refractivity contribution in [3.8, 4) is 0 Å². The summed E-state index contributed by atoms with van der Waals surface area (Å²) < 4.78 is 0. The molecule has 0 saturated carbocycles. The van der Waals surface area contributed by atoms with Crippen LogP contribution in [0.4, 0.5) is 0 Å². The van der Waals surface area contributed by atoms with Crippen LogP contribution in [0.1, 0.15) is 34.1 Å². The summed E-state index contributed by atoms with van der Waals surface area (Å²) in [4.78, 5) is 0. The molecule has 2 heteroatoms. The van der Waals surface area contributed by atoms with Crippen LogP contribution in [0.2, 0.25) is 0 Å². The molecular weight excluding hydrogens is 150 g/mol. The van der Waals surface area contributed by atoms with Crippen LogP contribution in [-0.4, -0.2) is 17.8 Å². The maximum Gasteiger partial charge on any atom is 0.0476 e. The van der Waals surface area contributed by atoms with E-state index >= 15 is 0 Å². The zero-order chi connectivity index (χ0) is 9.72. The molecule has 0 rings (SSSR count). The van der Waals surface area contributed by atoms with E-state index in [4.69, 9.17) is 10.8 Å². The highest BCUT2D eigenvalue weighted by Crippen LogP contribution is 2.18. The minimum atomic E-state index is 0.148. The van der Waals surface area contributed by atoms with E-state index in [2.05, 4.69) is 27.7 Å². The van der Waals surface area contributed by atoms with Crippen LogP contribution in [0.3, 0.4) is 0 Å². The van der Waals surface area contributed by atoms with Crippen LogP contribution in [-0.2, 0) is 0 Å². The molecule has 74 valence electrons. The normalized spacial score (nSPS) is 17.0. The summed E-state index contributed by atoms with van der Waals surface area (Å²) in [5.41, 5.74) is 5.97. The smallest absolute Gasteiger partial charge is 0.0476 e. The van der Waals surface area contributed by atoms with Gasteiger partial charge in [0, 0.05) is 12.6 Å². The van der Waals surface area contributed by atoms with Gasteiger partial charge in [-0.2, -0.15) is 0 Å². The second-order valence-electron chi connectivity index (χ2n) is 4.38. The van der Waals surface area contributed by atoms with Gasteiger partial charge in [-0.15, -0.1) is 0 Å². The molecule has 0 bridgehead atoms. The molecule has 0 aliphatic carbocycles. The van der Waals surface area contributed by atoms with E-state index in [1.165, 1.54) is 0 Å². The lowest BCUT2D eigenvalue weighted by Gasteiger charge is -2.26. The van der Waals surface area contributed by atoms with E-state index in [0.717, 1.165) is 6.42 Å². The Morgan fingerprint density at radius 1 is 1.17 bits per heavy atom. The standard InChI is InChI=1S/C10H23NO/c1-7(2)5-10(11)9(6-12)8(3)4/h7-10,12H,5-6,11H2,1-4H3. The number of hydrogen-bond donors (Lipinski definition) is 2. The lowest BCUT2D eigenvalue weighted by molar-refractivity contribution is 0.156. The second kappa shape index (κ2) is 5.55. The summed E-state index contributed by atoms with van der Waals surface area (Å²) in [6, 6.07) is 0.148. The van der Waals surface area contributed by atoms with Crippen LogP contribution in [0.25, 0.3) is 0 Å². The first-order valence-corrected chi connectivity index (χ1v) is 4.85. The molecule has 0 aliphatic rings. The molecular formula is C10H23NO. The first-order valence-electron chi connectivity index (χ1n) is 4.85. The molecule has 2 atom stereocenters. The topological polar surface area (TPSA) is 46.2 Å². The van der Waals surface area contributed by atoms with Crippen LogP contribution in [0.5, 0.6) is 0 Å². The summed E-state index contributed by atoms with van der Waals surface area (Å²) in [7, 11) is 0. The summed E-state index contributed by atoms with van der Waals surface area (Å²) in [5, 5.41) is 9.10. The minimum Gasteiger partial charge on any atom is -0.396 e. The SMILES string of the molecule is CC(C)CC(N)C(CO)C(C)C. The molecule has 0 aromatic carbocycles. The number of rotatable bonds is 5. The summed E-state index contributed by atoms with van der Waals surface area (Å²) in [6.07, 6.45) is 1.00. The molecule has 0 heterocycles. The van der Waals surface area contributed by atoms with Gasteiger partial charge in [0.05, 0.1) is 0 Å². The van der Waals surface area contributed by atoms with Crippen molar-refractivity contribution in [1.29, 1.82) is 0 Å². The first-order chi connectivity index (χ1) is 5.49. The largest absolute Gasteiger partial charge is 0.396 e. The molecule has 0 fully saturated rings. The Balaban J connectivity index is 3.94. The summed E-state index contributed by atoms with van der Waals surface area (Å²) >= 11 is 0. The van der Waals surface area contributed by atoms with Crippen LogP contribution < -0.4 is 5.73 Å². The van der Waals surface area contributed by atoms with Gasteiger partial charge in [0.2, 0.25) is 0 Å². The highest BCUT2D eigenvalue weighted by molar-refractivity contribution is 4.75. The fraction of sp³-hybridized carbons (Fsp3) is 1.00. The summed E-state index contributed by atoms with van der Waals surface area (Å²) in [6.45, 7) is 8.76. The molecule has 0 amide bonds. The number of aliphatic hydroxyl groups excluding tert-OH is 1. The Labute approximate surface area is 76.2 Å². The molecule has 0 aliphatic heterocycles. The van der Waals surface area contributed by atoms with Crippen molar-refractivity contribution in [2.24, 2.45) is 23.5 Å². The molecule has 0 saturated heterocycles. The van der Waals surface area contributed by atoms with Crippen molar-refractivity contribution in [3.63, 3.8) is 0 Å². The van der Waals surface area contributed by atoms with E-state index in [0.29, 0.717) is 11.8 Å². The van der Waals surface area contributed by atoms with Crippen molar-refractivity contribution < 1.29 is 5.11 Å². The van der Waals surface area contributed by atoms with Crippen molar-refractivity contribution in [2.45, 2.75) is 40.2 Å². The van der Waals surface area contributed by atoms with Crippen molar-refractivity contribution in [2.75, 3.05) is 6.61 Å². The fourth-order valence-electron chi connectivity index (χ4n) is 1.56. The maximum absolute atomic E-state index is 9.10. The number of nitrogens with two attached hydrogens (primary N) is 1. The second-order valence-corrected chi connectivity index (χ2v) is 4.38. The lowest BCUT2D eigenvalue weighted by atomic mass is 9.85. The van der Waals surface area contributed by atoms with Crippen LogP contribution in [0, 0.1) is 17.8 Å². The average Bonchev–Trinajstić information content (AvgIpc) is 1.85. The molecule has 3 N–H and O–H groups in total. The molecule has 0 radical (unpaired) electrons. The fourth-order valence-corrected chi connectivity index (χ4v) is 1.56. The minimum absolute atomic E-state index is 0.148. The van der Waals surface area contributed by atoms with Crippen molar-refractivity contribution in [1.82, 2.24) is 0 Å². The quantitative estimate of drug-likeness (QED) is 0.663. The molecule has 2 nitrogen and oxygen atoms in total. The Morgan fingerprint density at radius 2 is 1.67 bits per heavy atom. The maximum atomic E-state index is 9.10. The van der Waals surface area contributed by atoms with E-state index in [9.17, 15) is 0 Å². The zero-order valence-electron chi connectivity index (χ0n) is 8.75. The third-order valence-electron chi connectivity index (χ3n) is 2.36. The Hall–Kier alpha value is -0.0800. The highest BCUT2D eigenvalue weighted by atomic mass is 16.3. The molecule has 12 heavy (non-hydrogen) atoms. The Bertz CT molecular complexity index is 112. The lowest BCUT2D eigenvalue weighted by Crippen LogP contribution is -2.36. The molecule has 0 spiro atoms. The van der Waals surface area contributed by atoms with E-state index < -0.39 is 0 Å². The van der Waals surface area contributed by atoms with Crippen molar-refractivity contribution in [3.05, 3.63) is 0 Å². The Kier molecular flexibility index (Phi) is 5.51. The molecule has 0 aromatic heterocycles. The van der Waals surface area contributed by atoms with Gasteiger partial charge in [0.1, 0.15) is 0 Å². The number of aliphatic hydroxyl groups is 1. The van der Waals surface area contributed by atoms with Gasteiger partial charge in [0.15, 0.2) is 0 Å². The van der Waals surface area contributed by atoms with Gasteiger partial charge in [-0.3, -0.25) is 0 Å². The van der Waals surface area contributed by atoms with Gasteiger partial charge in [-0.1, -0.05) is 27.7 Å². The Morgan fingerprint density at radius 3 is 1.92 bits per heavy atom. The van der Waals surface area contributed by atoms with Crippen molar-refractivity contribution >= 4 is 0 Å². The van der Waals surface area contributed by atoms with Gasteiger partial charge < -0.3 is 10.8 Å². The van der Waals surface area contributed by atoms with Crippen LogP contribution in [0.15, 0.2) is 0 Å². The molecule has 2 unspecified atom stereocenters. The zero-order valence-corrected chi connectivity index (χ0v) is 8.75. The predicted octanol–water partition coefficient (Wildman–Crippen LogP) is 1.62. The first kappa shape index (κ1) is 11.9. The monoisotopic (exact) mass is 173 g/mol. The van der Waals surface area contributed by atoms with E-state index in [-0.39, 0.29) is 18.6 Å². The van der Waals surface area contributed by atoms with Gasteiger partial charge in [0.25, 0.3) is 0 Å². The highest BCUT2D eigenvalue weighted by Gasteiger charge is 2.20. The third-order valence-corrected chi connectivity index (χ3v) is 2.36. The number of hydrogen-bond acceptors (Lipinski definition) is 2. The average molecular weight is 173 g/mol. The third kappa shape index (κ3) is 4.07. The van der Waals surface area contributed by atoms with Gasteiger partial charge in [-0.05, 0) is 24.2 Å². The van der Waals surface area contributed by atoms with Gasteiger partial charge >= 0.3 is 0 Å². The van der Waals surface area contributed by atoms with Crippen LogP contribution >= 0.6 is 0 Å².